The summed E-state index contributed by atoms with van der Waals surface area (Å²) in [5, 5.41) is 11.8. The van der Waals surface area contributed by atoms with Crippen molar-refractivity contribution in [2.45, 2.75) is 373 Å². The van der Waals surface area contributed by atoms with Gasteiger partial charge in [0, 0.05) is 12.8 Å². The summed E-state index contributed by atoms with van der Waals surface area (Å²) < 4.78 is 22.8. The van der Waals surface area contributed by atoms with Gasteiger partial charge in [-0.05, 0) is 77.0 Å². The molecule has 9 heteroatoms. The van der Waals surface area contributed by atoms with E-state index in [1.807, 2.05) is 21.1 Å². The SMILES string of the molecule is CC/C=C\C/C=C\C/C=C\C/C=C\CCCCCCCCCCCCCCCCCCCCCCCCCCCCCCC(=O)OC(COC(=O)CCCCCCCCCCC/C=C\CCCCCCCCCC)COC(OCC[N+](C)(C)C)C(=O)[O-]. The molecule has 0 aromatic heterocycles. The second-order valence-electron chi connectivity index (χ2n) is 26.6. The molecule has 0 heterocycles. The van der Waals surface area contributed by atoms with Gasteiger partial charge in [-0.15, -0.1) is 0 Å². The number of carbonyl (C=O) groups is 3. The van der Waals surface area contributed by atoms with Crippen LogP contribution in [0.15, 0.2) is 60.8 Å². The fraction of sp³-hybridized carbons (Fsp3) is 0.833. The molecule has 0 fully saturated rings. The Morgan fingerprint density at radius 3 is 0.989 bits per heavy atom. The van der Waals surface area contributed by atoms with Crippen molar-refractivity contribution in [3.05, 3.63) is 60.8 Å². The van der Waals surface area contributed by atoms with E-state index in [0.29, 0.717) is 17.4 Å². The maximum Gasteiger partial charge on any atom is 0.306 e. The van der Waals surface area contributed by atoms with Crippen molar-refractivity contribution in [1.29, 1.82) is 0 Å². The first-order chi connectivity index (χ1) is 42.6. The van der Waals surface area contributed by atoms with Crippen molar-refractivity contribution in [3.8, 4) is 0 Å². The van der Waals surface area contributed by atoms with Gasteiger partial charge < -0.3 is 33.3 Å². The molecule has 0 radical (unpaired) electrons. The Kier molecular flexibility index (Phi) is 66.5. The summed E-state index contributed by atoms with van der Waals surface area (Å²) in [4.78, 5) is 37.5. The maximum absolute atomic E-state index is 12.9. The average Bonchev–Trinajstić information content (AvgIpc) is 3.59. The van der Waals surface area contributed by atoms with Gasteiger partial charge in [-0.25, -0.2) is 0 Å². The van der Waals surface area contributed by atoms with Gasteiger partial charge in [0.1, 0.15) is 13.2 Å². The molecular formula is C78H143NO8. The highest BCUT2D eigenvalue weighted by Crippen LogP contribution is 2.19. The Balaban J connectivity index is 3.94. The number of carbonyl (C=O) groups excluding carboxylic acids is 3. The predicted octanol–water partition coefficient (Wildman–Crippen LogP) is 22.1. The van der Waals surface area contributed by atoms with Crippen molar-refractivity contribution < 1.29 is 42.9 Å². The molecule has 508 valence electrons. The smallest absolute Gasteiger partial charge is 0.306 e. The molecule has 0 aliphatic carbocycles. The van der Waals surface area contributed by atoms with E-state index in [1.54, 1.807) is 0 Å². The van der Waals surface area contributed by atoms with Gasteiger partial charge in [-0.3, -0.25) is 9.59 Å². The number of likely N-dealkylation sites (N-methyl/N-ethyl adjacent to an activating group) is 1. The second kappa shape index (κ2) is 68.9. The molecule has 2 unspecified atom stereocenters. The molecule has 0 bridgehead atoms. The highest BCUT2D eigenvalue weighted by atomic mass is 16.7. The molecule has 0 aromatic carbocycles. The standard InChI is InChI=1S/C78H143NO8/c1-6-8-10-12-14-16-18-20-22-24-26-28-29-30-31-32-33-34-35-36-37-38-39-40-41-42-43-44-45-46-47-49-51-53-55-57-59-61-63-65-67-69-76(81)87-74(73-86-78(77(82)83)84-71-70-79(3,4)5)72-85-75(80)68-66-64-62-60-58-56-54-52-50-48-27-25-23-21-19-17-15-13-11-9-7-2/h8,10,14,16,20,22,25-28,74,78H,6-7,9,11-13,15,17-19,21,23-24,29-73H2,1-5H3/b10-8-,16-14-,22-20-,27-25-,28-26-. The first-order valence-electron chi connectivity index (χ1n) is 37.4. The van der Waals surface area contributed by atoms with Gasteiger partial charge in [0.15, 0.2) is 12.4 Å². The number of unbranched alkanes of at least 4 members (excludes halogenated alkanes) is 45. The van der Waals surface area contributed by atoms with Gasteiger partial charge >= 0.3 is 11.9 Å². The molecule has 0 aromatic rings. The molecule has 0 amide bonds. The van der Waals surface area contributed by atoms with E-state index in [2.05, 4.69) is 74.6 Å². The van der Waals surface area contributed by atoms with Gasteiger partial charge in [0.2, 0.25) is 0 Å². The summed E-state index contributed by atoms with van der Waals surface area (Å²) >= 11 is 0. The molecular weight excluding hydrogens is 1080 g/mol. The van der Waals surface area contributed by atoms with E-state index in [1.165, 1.54) is 270 Å². The third kappa shape index (κ3) is 70.3. The molecule has 0 rings (SSSR count). The zero-order valence-corrected chi connectivity index (χ0v) is 58.2. The largest absolute Gasteiger partial charge is 0.545 e. The minimum atomic E-state index is -1.62. The van der Waals surface area contributed by atoms with E-state index >= 15 is 0 Å². The topological polar surface area (TPSA) is 111 Å². The molecule has 2 atom stereocenters. The Bertz CT molecular complexity index is 1610. The summed E-state index contributed by atoms with van der Waals surface area (Å²) in [7, 11) is 5.94. The lowest BCUT2D eigenvalue weighted by atomic mass is 10.0. The molecule has 0 N–H and O–H groups in total. The monoisotopic (exact) mass is 1220 g/mol. The lowest BCUT2D eigenvalue weighted by Crippen LogP contribution is -2.44. The Morgan fingerprint density at radius 1 is 0.356 bits per heavy atom. The molecule has 0 aliphatic rings. The molecule has 9 nitrogen and oxygen atoms in total. The van der Waals surface area contributed by atoms with Crippen LogP contribution in [-0.2, 0) is 33.3 Å². The fourth-order valence-electron chi connectivity index (χ4n) is 11.1. The summed E-state index contributed by atoms with van der Waals surface area (Å²) in [5.41, 5.74) is 0. The number of carboxylic acids is 1. The number of hydrogen-bond donors (Lipinski definition) is 0. The third-order valence-corrected chi connectivity index (χ3v) is 16.7. The van der Waals surface area contributed by atoms with E-state index in [9.17, 15) is 19.5 Å². The van der Waals surface area contributed by atoms with Crippen LogP contribution >= 0.6 is 0 Å². The number of nitrogens with zero attached hydrogens (tertiary/aromatic N) is 1. The number of hydrogen-bond acceptors (Lipinski definition) is 8. The number of aliphatic carboxylic acids is 1. The minimum Gasteiger partial charge on any atom is -0.545 e. The number of rotatable bonds is 70. The molecule has 0 saturated heterocycles. The van der Waals surface area contributed by atoms with Crippen LogP contribution < -0.4 is 5.11 Å². The first kappa shape index (κ1) is 84.0. The summed E-state index contributed by atoms with van der Waals surface area (Å²) in [5.74, 6) is -2.26. The van der Waals surface area contributed by atoms with E-state index in [-0.39, 0.29) is 32.2 Å². The predicted molar refractivity (Wildman–Crippen MR) is 371 cm³/mol. The number of carboxylic acid groups (broad SMARTS) is 1. The average molecular weight is 1220 g/mol. The third-order valence-electron chi connectivity index (χ3n) is 16.7. The number of ether oxygens (including phenoxy) is 4. The highest BCUT2D eigenvalue weighted by Gasteiger charge is 2.22. The quantitative estimate of drug-likeness (QED) is 0.0195. The number of allylic oxidation sites excluding steroid dienone is 10. The van der Waals surface area contributed by atoms with E-state index in [4.69, 9.17) is 18.9 Å². The van der Waals surface area contributed by atoms with Crippen molar-refractivity contribution >= 4 is 17.9 Å². The van der Waals surface area contributed by atoms with Crippen molar-refractivity contribution in [2.75, 3.05) is 47.5 Å². The zero-order valence-electron chi connectivity index (χ0n) is 58.2. The Morgan fingerprint density at radius 2 is 0.655 bits per heavy atom. The lowest BCUT2D eigenvalue weighted by Gasteiger charge is -2.26. The Hall–Kier alpha value is -3.01. The van der Waals surface area contributed by atoms with Crippen molar-refractivity contribution in [2.24, 2.45) is 0 Å². The highest BCUT2D eigenvalue weighted by molar-refractivity contribution is 5.70. The maximum atomic E-state index is 12.9. The van der Waals surface area contributed by atoms with E-state index in [0.717, 1.165) is 64.2 Å². The van der Waals surface area contributed by atoms with Crippen LogP contribution in [0.2, 0.25) is 0 Å². The second-order valence-corrected chi connectivity index (χ2v) is 26.6. The normalized spacial score (nSPS) is 13.0. The molecule has 0 aliphatic heterocycles. The van der Waals surface area contributed by atoms with Gasteiger partial charge in [0.05, 0.1) is 40.3 Å². The van der Waals surface area contributed by atoms with Gasteiger partial charge in [-0.2, -0.15) is 0 Å². The van der Waals surface area contributed by atoms with Gasteiger partial charge in [0.25, 0.3) is 0 Å². The van der Waals surface area contributed by atoms with Crippen LogP contribution in [0.1, 0.15) is 361 Å². The minimum absolute atomic E-state index is 0.149. The Labute approximate surface area is 539 Å². The van der Waals surface area contributed by atoms with Gasteiger partial charge in [-0.1, -0.05) is 331 Å². The summed E-state index contributed by atoms with van der Waals surface area (Å²) in [6.45, 7) is 4.69. The number of quaternary nitrogens is 1. The lowest BCUT2D eigenvalue weighted by molar-refractivity contribution is -0.870. The van der Waals surface area contributed by atoms with Crippen molar-refractivity contribution in [3.63, 3.8) is 0 Å². The molecule has 87 heavy (non-hydrogen) atoms. The summed E-state index contributed by atoms with van der Waals surface area (Å²) in [6.07, 6.45) is 87.6. The van der Waals surface area contributed by atoms with Crippen LogP contribution in [-0.4, -0.2) is 82.3 Å². The van der Waals surface area contributed by atoms with Crippen molar-refractivity contribution in [1.82, 2.24) is 0 Å². The summed E-state index contributed by atoms with van der Waals surface area (Å²) in [6, 6.07) is 0. The molecule has 0 saturated carbocycles. The van der Waals surface area contributed by atoms with Crippen LogP contribution in [0.3, 0.4) is 0 Å². The molecule has 0 spiro atoms. The van der Waals surface area contributed by atoms with Crippen LogP contribution in [0.25, 0.3) is 0 Å². The van der Waals surface area contributed by atoms with E-state index < -0.39 is 24.3 Å². The first-order valence-corrected chi connectivity index (χ1v) is 37.4. The van der Waals surface area contributed by atoms with Crippen LogP contribution in [0, 0.1) is 0 Å². The zero-order chi connectivity index (χ0) is 63.3. The van der Waals surface area contributed by atoms with Crippen LogP contribution in [0.5, 0.6) is 0 Å². The fourth-order valence-corrected chi connectivity index (χ4v) is 11.1. The number of esters is 2. The van der Waals surface area contributed by atoms with Crippen LogP contribution in [0.4, 0.5) is 0 Å².